The molecule has 0 fully saturated rings. The van der Waals surface area contributed by atoms with Crippen molar-refractivity contribution in [3.05, 3.63) is 64.8 Å². The first kappa shape index (κ1) is 22.0. The first-order chi connectivity index (χ1) is 14.6. The molecule has 0 atom stereocenters. The fourth-order valence-corrected chi connectivity index (χ4v) is 2.94. The maximum atomic E-state index is 14.0. The van der Waals surface area contributed by atoms with Crippen LogP contribution in [0.4, 0.5) is 29.1 Å². The Kier molecular flexibility index (Phi) is 5.84. The maximum absolute atomic E-state index is 14.0. The topological polar surface area (TPSA) is 103 Å². The number of hydrogen-bond acceptors (Lipinski definition) is 5. The van der Waals surface area contributed by atoms with Gasteiger partial charge in [-0.25, -0.2) is 14.1 Å². The van der Waals surface area contributed by atoms with Crippen LogP contribution in [0.2, 0.25) is 5.02 Å². The predicted octanol–water partition coefficient (Wildman–Crippen LogP) is 3.35. The Bertz CT molecular complexity index is 1250. The minimum Gasteiger partial charge on any atom is -0.382 e. The largest absolute Gasteiger partial charge is 0.434 e. The van der Waals surface area contributed by atoms with Crippen molar-refractivity contribution in [3.63, 3.8) is 0 Å². The molecule has 0 bridgehead atoms. The molecule has 0 saturated carbocycles. The number of amides is 1. The molecule has 0 radical (unpaired) electrons. The zero-order valence-corrected chi connectivity index (χ0v) is 16.5. The molecular formula is C18H14ClF4N7O. The number of hydrogen-bond donors (Lipinski definition) is 2. The molecule has 3 aromatic heterocycles. The van der Waals surface area contributed by atoms with Gasteiger partial charge in [0.15, 0.2) is 17.0 Å². The van der Waals surface area contributed by atoms with Gasteiger partial charge in [0.2, 0.25) is 0 Å². The summed E-state index contributed by atoms with van der Waals surface area (Å²) in [5, 5.41) is 5.98. The van der Waals surface area contributed by atoms with Crippen molar-refractivity contribution in [1.29, 1.82) is 0 Å². The van der Waals surface area contributed by atoms with E-state index in [1.807, 2.05) is 0 Å². The number of anilines is 2. The Morgan fingerprint density at radius 1 is 1.35 bits per heavy atom. The van der Waals surface area contributed by atoms with E-state index >= 15 is 0 Å². The molecular weight excluding hydrogens is 442 g/mol. The number of nitrogens with two attached hydrogens (primary N) is 1. The van der Waals surface area contributed by atoms with E-state index < -0.39 is 29.2 Å². The number of nitrogens with one attached hydrogen (secondary N) is 1. The summed E-state index contributed by atoms with van der Waals surface area (Å²) in [5.41, 5.74) is 3.07. The number of rotatable bonds is 4. The van der Waals surface area contributed by atoms with Gasteiger partial charge in [-0.15, -0.1) is 0 Å². The van der Waals surface area contributed by atoms with Gasteiger partial charge >= 0.3 is 6.18 Å². The van der Waals surface area contributed by atoms with Crippen LogP contribution in [0.1, 0.15) is 16.1 Å². The van der Waals surface area contributed by atoms with E-state index in [0.29, 0.717) is 4.68 Å². The van der Waals surface area contributed by atoms with E-state index in [-0.39, 0.29) is 27.8 Å². The Balaban J connectivity index is 2.15. The molecule has 31 heavy (non-hydrogen) atoms. The molecule has 8 nitrogen and oxygen atoms in total. The highest BCUT2D eigenvalue weighted by molar-refractivity contribution is 6.33. The average molecular weight is 456 g/mol. The van der Waals surface area contributed by atoms with Crippen molar-refractivity contribution >= 4 is 35.2 Å². The second-order valence-electron chi connectivity index (χ2n) is 6.00. The molecule has 162 valence electrons. The van der Waals surface area contributed by atoms with Crippen LogP contribution >= 0.6 is 11.6 Å². The van der Waals surface area contributed by atoms with Gasteiger partial charge in [0.05, 0.1) is 28.7 Å². The zero-order valence-electron chi connectivity index (χ0n) is 15.8. The standard InChI is InChI=1S/C18H14ClF4N7O/c1-3-29-13(5-4-12(20)16(29)25-2)30-14(18(21,22)23)10(8-27-30)17(31)28-9-6-11(19)15(24)26-7-9/h3-8H,1H2,2H3,(H2,24,26)(H,28,31). The molecule has 13 heteroatoms. The van der Waals surface area contributed by atoms with Crippen LogP contribution in [-0.4, -0.2) is 32.3 Å². The molecule has 1 amide bonds. The number of pyridine rings is 2. The summed E-state index contributed by atoms with van der Waals surface area (Å²) >= 11 is 5.82. The lowest BCUT2D eigenvalue weighted by Crippen LogP contribution is -2.27. The van der Waals surface area contributed by atoms with Crippen molar-refractivity contribution in [3.8, 4) is 5.82 Å². The highest BCUT2D eigenvalue weighted by Gasteiger charge is 2.41. The van der Waals surface area contributed by atoms with Crippen LogP contribution in [0.5, 0.6) is 0 Å². The van der Waals surface area contributed by atoms with Crippen molar-refractivity contribution in [2.24, 2.45) is 4.99 Å². The van der Waals surface area contributed by atoms with E-state index in [1.54, 1.807) is 0 Å². The monoisotopic (exact) mass is 455 g/mol. The first-order valence-electron chi connectivity index (χ1n) is 8.42. The number of halogens is 5. The Morgan fingerprint density at radius 2 is 2.06 bits per heavy atom. The Labute approximate surface area is 177 Å². The number of aromatic nitrogens is 4. The van der Waals surface area contributed by atoms with Gasteiger partial charge in [-0.2, -0.15) is 18.3 Å². The van der Waals surface area contributed by atoms with Crippen LogP contribution in [0, 0.1) is 5.82 Å². The molecule has 0 aliphatic carbocycles. The fourth-order valence-electron chi connectivity index (χ4n) is 2.77. The highest BCUT2D eigenvalue weighted by Crippen LogP contribution is 2.34. The van der Waals surface area contributed by atoms with Gasteiger partial charge in [0, 0.05) is 13.2 Å². The molecule has 3 aromatic rings. The second kappa shape index (κ2) is 8.22. The normalized spacial score (nSPS) is 12.1. The maximum Gasteiger partial charge on any atom is 0.434 e. The predicted molar refractivity (Wildman–Crippen MR) is 106 cm³/mol. The summed E-state index contributed by atoms with van der Waals surface area (Å²) in [7, 11) is 1.26. The zero-order chi connectivity index (χ0) is 22.9. The SMILES string of the molecule is C=Cn1c(-n2ncc(C(=O)Nc3cnc(N)c(Cl)c3)c2C(F)(F)F)ccc(F)c1=NC. The number of nitrogen functional groups attached to an aromatic ring is 1. The average Bonchev–Trinajstić information content (AvgIpc) is 3.16. The molecule has 0 spiro atoms. The van der Waals surface area contributed by atoms with Gasteiger partial charge in [0.1, 0.15) is 11.6 Å². The van der Waals surface area contributed by atoms with Crippen LogP contribution in [0.3, 0.4) is 0 Å². The van der Waals surface area contributed by atoms with Crippen molar-refractivity contribution in [2.75, 3.05) is 18.1 Å². The van der Waals surface area contributed by atoms with E-state index in [9.17, 15) is 22.4 Å². The molecule has 0 aliphatic rings. The van der Waals surface area contributed by atoms with Crippen LogP contribution in [-0.2, 0) is 6.18 Å². The number of alkyl halides is 3. The summed E-state index contributed by atoms with van der Waals surface area (Å²) in [5.74, 6) is -2.14. The Hall–Kier alpha value is -3.67. The summed E-state index contributed by atoms with van der Waals surface area (Å²) in [4.78, 5) is 20.0. The minimum atomic E-state index is -4.99. The van der Waals surface area contributed by atoms with Crippen LogP contribution in [0.25, 0.3) is 12.0 Å². The lowest BCUT2D eigenvalue weighted by Gasteiger charge is -2.16. The first-order valence-corrected chi connectivity index (χ1v) is 8.80. The smallest absolute Gasteiger partial charge is 0.382 e. The number of carbonyl (C=O) groups excluding carboxylic acids is 1. The van der Waals surface area contributed by atoms with Crippen LogP contribution < -0.4 is 16.5 Å². The van der Waals surface area contributed by atoms with Crippen molar-refractivity contribution < 1.29 is 22.4 Å². The van der Waals surface area contributed by atoms with E-state index in [4.69, 9.17) is 17.3 Å². The molecule has 0 saturated heterocycles. The fraction of sp³-hybridized carbons (Fsp3) is 0.111. The molecule has 3 N–H and O–H groups in total. The Morgan fingerprint density at radius 3 is 2.65 bits per heavy atom. The molecule has 0 aromatic carbocycles. The third-order valence-electron chi connectivity index (χ3n) is 4.09. The summed E-state index contributed by atoms with van der Waals surface area (Å²) in [6, 6.07) is 3.22. The molecule has 0 aliphatic heterocycles. The van der Waals surface area contributed by atoms with E-state index in [0.717, 1.165) is 35.3 Å². The van der Waals surface area contributed by atoms with Crippen molar-refractivity contribution in [2.45, 2.75) is 6.18 Å². The van der Waals surface area contributed by atoms with Gasteiger partial charge in [0.25, 0.3) is 5.91 Å². The van der Waals surface area contributed by atoms with Crippen LogP contribution in [0.15, 0.2) is 42.2 Å². The third kappa shape index (κ3) is 4.14. The number of carbonyl (C=O) groups is 1. The lowest BCUT2D eigenvalue weighted by molar-refractivity contribution is -0.143. The summed E-state index contributed by atoms with van der Waals surface area (Å²) in [6.45, 7) is 3.48. The quantitative estimate of drug-likeness (QED) is 0.589. The number of nitrogens with zero attached hydrogens (tertiary/aromatic N) is 5. The molecule has 0 unspecified atom stereocenters. The minimum absolute atomic E-state index is 0.00843. The van der Waals surface area contributed by atoms with Gasteiger partial charge in [-0.1, -0.05) is 18.2 Å². The lowest BCUT2D eigenvalue weighted by atomic mass is 10.2. The third-order valence-corrected chi connectivity index (χ3v) is 4.39. The van der Waals surface area contributed by atoms with Gasteiger partial charge < -0.3 is 11.1 Å². The summed E-state index contributed by atoms with van der Waals surface area (Å²) < 4.78 is 57.2. The molecule has 3 heterocycles. The van der Waals surface area contributed by atoms with Gasteiger partial charge in [-0.05, 0) is 18.2 Å². The van der Waals surface area contributed by atoms with Crippen molar-refractivity contribution in [1.82, 2.24) is 19.3 Å². The van der Waals surface area contributed by atoms with E-state index in [1.165, 1.54) is 13.1 Å². The summed E-state index contributed by atoms with van der Waals surface area (Å²) in [6.07, 6.45) is -2.04. The van der Waals surface area contributed by atoms with Gasteiger partial charge in [-0.3, -0.25) is 14.4 Å². The highest BCUT2D eigenvalue weighted by atomic mass is 35.5. The van der Waals surface area contributed by atoms with E-state index in [2.05, 4.69) is 27.0 Å². The molecule has 3 rings (SSSR count). The second-order valence-corrected chi connectivity index (χ2v) is 6.41.